The Bertz CT molecular complexity index is 583. The predicted molar refractivity (Wildman–Crippen MR) is 100 cm³/mol. The smallest absolute Gasteiger partial charge is 0.407 e. The fourth-order valence-corrected chi connectivity index (χ4v) is 2.70. The van der Waals surface area contributed by atoms with Crippen LogP contribution in [0.5, 0.6) is 0 Å². The highest BCUT2D eigenvalue weighted by Crippen LogP contribution is 2.32. The summed E-state index contributed by atoms with van der Waals surface area (Å²) in [6, 6.07) is 0.0223. The highest BCUT2D eigenvalue weighted by Gasteiger charge is 2.32. The molecule has 1 fully saturated rings. The number of ether oxygens (including phenoxy) is 1. The number of hydrogen-bond acceptors (Lipinski definition) is 5. The molecule has 1 aliphatic carbocycles. The van der Waals surface area contributed by atoms with Crippen molar-refractivity contribution in [1.29, 1.82) is 0 Å². The Morgan fingerprint density at radius 2 is 2.19 bits per heavy atom. The van der Waals surface area contributed by atoms with Crippen molar-refractivity contribution in [2.45, 2.75) is 52.6 Å². The van der Waals surface area contributed by atoms with Gasteiger partial charge in [-0.05, 0) is 32.6 Å². The van der Waals surface area contributed by atoms with Gasteiger partial charge in [0.15, 0.2) is 5.96 Å². The zero-order valence-corrected chi connectivity index (χ0v) is 16.0. The molecule has 1 saturated carbocycles. The Morgan fingerprint density at radius 1 is 1.38 bits per heavy atom. The molecule has 9 nitrogen and oxygen atoms in total. The summed E-state index contributed by atoms with van der Waals surface area (Å²) >= 11 is 0. The molecule has 1 atom stereocenters. The van der Waals surface area contributed by atoms with Crippen LogP contribution in [-0.4, -0.2) is 59.1 Å². The van der Waals surface area contributed by atoms with Crippen LogP contribution < -0.4 is 16.0 Å². The fraction of sp³-hybridized carbons (Fsp3) is 0.765. The minimum Gasteiger partial charge on any atom is -0.450 e. The Balaban J connectivity index is 1.84. The number of amides is 1. The van der Waals surface area contributed by atoms with E-state index in [4.69, 9.17) is 4.74 Å². The average molecular weight is 365 g/mol. The van der Waals surface area contributed by atoms with Gasteiger partial charge in [-0.2, -0.15) is 0 Å². The van der Waals surface area contributed by atoms with E-state index in [9.17, 15) is 4.79 Å². The van der Waals surface area contributed by atoms with Gasteiger partial charge in [0.2, 0.25) is 0 Å². The lowest BCUT2D eigenvalue weighted by molar-refractivity contribution is 0.147. The number of nitrogens with zero attached hydrogens (tertiary/aromatic N) is 4. The van der Waals surface area contributed by atoms with Gasteiger partial charge in [0, 0.05) is 26.1 Å². The Hall–Kier alpha value is -2.32. The van der Waals surface area contributed by atoms with E-state index in [1.54, 1.807) is 13.3 Å². The third-order valence-electron chi connectivity index (χ3n) is 4.22. The number of carbonyl (C=O) groups is 1. The highest BCUT2D eigenvalue weighted by atomic mass is 16.5. The summed E-state index contributed by atoms with van der Waals surface area (Å²) in [4.78, 5) is 16.3. The number of guanidine groups is 1. The third-order valence-corrected chi connectivity index (χ3v) is 4.22. The van der Waals surface area contributed by atoms with Crippen molar-refractivity contribution in [2.24, 2.45) is 10.9 Å². The van der Waals surface area contributed by atoms with E-state index in [1.165, 1.54) is 0 Å². The molecule has 0 aromatic carbocycles. The topological polar surface area (TPSA) is 105 Å². The van der Waals surface area contributed by atoms with Gasteiger partial charge >= 0.3 is 6.09 Å². The van der Waals surface area contributed by atoms with Gasteiger partial charge in [-0.25, -0.2) is 4.79 Å². The summed E-state index contributed by atoms with van der Waals surface area (Å²) in [5.41, 5.74) is 0. The molecule has 9 heteroatoms. The first kappa shape index (κ1) is 20.0. The van der Waals surface area contributed by atoms with Gasteiger partial charge in [0.05, 0.1) is 19.2 Å². The van der Waals surface area contributed by atoms with Crippen molar-refractivity contribution >= 4 is 12.1 Å². The maximum atomic E-state index is 11.7. The first-order chi connectivity index (χ1) is 12.7. The highest BCUT2D eigenvalue weighted by molar-refractivity contribution is 5.79. The quantitative estimate of drug-likeness (QED) is 0.421. The minimum absolute atomic E-state index is 0.0223. The standard InChI is InChI=1S/C17H31N7O2/c1-4-15-23-21-12-24(15)10-9-19-16(18-5-2)20-11-14(13-7-8-13)22-17(25)26-6-3/h12-14H,4-11H2,1-3H3,(H,22,25)(H2,18,19,20). The third kappa shape index (κ3) is 6.53. The van der Waals surface area contributed by atoms with Gasteiger partial charge in [0.1, 0.15) is 12.2 Å². The van der Waals surface area contributed by atoms with E-state index in [0.29, 0.717) is 19.1 Å². The first-order valence-corrected chi connectivity index (χ1v) is 9.50. The van der Waals surface area contributed by atoms with Crippen molar-refractivity contribution in [1.82, 2.24) is 30.7 Å². The van der Waals surface area contributed by atoms with Gasteiger partial charge in [-0.1, -0.05) is 6.92 Å². The molecule has 26 heavy (non-hydrogen) atoms. The molecule has 3 N–H and O–H groups in total. The Morgan fingerprint density at radius 3 is 2.85 bits per heavy atom. The molecule has 0 saturated heterocycles. The molecular weight excluding hydrogens is 334 g/mol. The number of aryl methyl sites for hydroxylation is 1. The van der Waals surface area contributed by atoms with Crippen LogP contribution in [0, 0.1) is 5.92 Å². The van der Waals surface area contributed by atoms with Crippen LogP contribution in [0.25, 0.3) is 0 Å². The molecule has 0 bridgehead atoms. The van der Waals surface area contributed by atoms with Gasteiger partial charge in [-0.3, -0.25) is 4.99 Å². The molecule has 1 aromatic heterocycles. The lowest BCUT2D eigenvalue weighted by Gasteiger charge is -2.17. The predicted octanol–water partition coefficient (Wildman–Crippen LogP) is 0.920. The van der Waals surface area contributed by atoms with E-state index in [2.05, 4.69) is 38.1 Å². The van der Waals surface area contributed by atoms with Crippen molar-refractivity contribution in [3.05, 3.63) is 12.2 Å². The van der Waals surface area contributed by atoms with Crippen LogP contribution in [0.1, 0.15) is 39.4 Å². The Labute approximate surface area is 155 Å². The molecule has 146 valence electrons. The number of aliphatic imine (C=N–C) groups is 1. The number of nitrogens with one attached hydrogen (secondary N) is 3. The van der Waals surface area contributed by atoms with Crippen LogP contribution in [0.15, 0.2) is 11.3 Å². The summed E-state index contributed by atoms with van der Waals surface area (Å²) in [6.45, 7) is 9.07. The van der Waals surface area contributed by atoms with E-state index in [-0.39, 0.29) is 12.1 Å². The van der Waals surface area contributed by atoms with Gasteiger partial charge in [0.25, 0.3) is 0 Å². The second-order valence-electron chi connectivity index (χ2n) is 6.25. The van der Waals surface area contributed by atoms with Gasteiger partial charge in [-0.15, -0.1) is 10.2 Å². The molecule has 1 aliphatic rings. The molecule has 1 aromatic rings. The molecule has 1 heterocycles. The summed E-state index contributed by atoms with van der Waals surface area (Å²) in [7, 11) is 0. The first-order valence-electron chi connectivity index (χ1n) is 9.50. The maximum absolute atomic E-state index is 11.7. The molecule has 2 rings (SSSR count). The zero-order chi connectivity index (χ0) is 18.8. The van der Waals surface area contributed by atoms with Crippen LogP contribution in [0.4, 0.5) is 4.79 Å². The van der Waals surface area contributed by atoms with E-state index >= 15 is 0 Å². The zero-order valence-electron chi connectivity index (χ0n) is 16.0. The molecule has 0 aliphatic heterocycles. The molecule has 1 amide bonds. The van der Waals surface area contributed by atoms with Crippen LogP contribution in [-0.2, 0) is 17.7 Å². The molecule has 0 spiro atoms. The van der Waals surface area contributed by atoms with Crippen LogP contribution >= 0.6 is 0 Å². The molecule has 0 radical (unpaired) electrons. The number of carbonyl (C=O) groups excluding carboxylic acids is 1. The molecule has 1 unspecified atom stereocenters. The summed E-state index contributed by atoms with van der Waals surface area (Å²) in [5.74, 6) is 2.21. The SMILES string of the molecule is CCNC(=NCC(NC(=O)OCC)C1CC1)NCCn1cnnc1CC. The lowest BCUT2D eigenvalue weighted by Crippen LogP contribution is -2.42. The van der Waals surface area contributed by atoms with E-state index in [0.717, 1.165) is 50.7 Å². The summed E-state index contributed by atoms with van der Waals surface area (Å²) in [6.07, 6.45) is 4.50. The van der Waals surface area contributed by atoms with E-state index < -0.39 is 0 Å². The van der Waals surface area contributed by atoms with Crippen LogP contribution in [0.3, 0.4) is 0 Å². The fourth-order valence-electron chi connectivity index (χ4n) is 2.70. The van der Waals surface area contributed by atoms with E-state index in [1.807, 2.05) is 11.5 Å². The monoisotopic (exact) mass is 365 g/mol. The largest absolute Gasteiger partial charge is 0.450 e. The van der Waals surface area contributed by atoms with Crippen molar-refractivity contribution in [3.8, 4) is 0 Å². The average Bonchev–Trinajstić information content (AvgIpc) is 3.37. The number of alkyl carbamates (subject to hydrolysis) is 1. The second-order valence-corrected chi connectivity index (χ2v) is 6.25. The molecular formula is C17H31N7O2. The van der Waals surface area contributed by atoms with Gasteiger partial charge < -0.3 is 25.3 Å². The normalized spacial score (nSPS) is 15.4. The second kappa shape index (κ2) is 10.6. The number of hydrogen-bond donors (Lipinski definition) is 3. The summed E-state index contributed by atoms with van der Waals surface area (Å²) < 4.78 is 7.02. The minimum atomic E-state index is -0.364. The van der Waals surface area contributed by atoms with Crippen molar-refractivity contribution in [3.63, 3.8) is 0 Å². The summed E-state index contributed by atoms with van der Waals surface area (Å²) in [5, 5.41) is 17.5. The Kier molecular flexibility index (Phi) is 8.17. The maximum Gasteiger partial charge on any atom is 0.407 e. The lowest BCUT2D eigenvalue weighted by atomic mass is 10.2. The number of aromatic nitrogens is 3. The van der Waals surface area contributed by atoms with Crippen molar-refractivity contribution in [2.75, 3.05) is 26.2 Å². The number of rotatable bonds is 10. The van der Waals surface area contributed by atoms with Crippen molar-refractivity contribution < 1.29 is 9.53 Å². The van der Waals surface area contributed by atoms with Crippen LogP contribution in [0.2, 0.25) is 0 Å².